The quantitative estimate of drug-likeness (QED) is 0.662. The van der Waals surface area contributed by atoms with Crippen molar-refractivity contribution in [3.63, 3.8) is 0 Å². The summed E-state index contributed by atoms with van der Waals surface area (Å²) in [5, 5.41) is 13.5. The predicted molar refractivity (Wildman–Crippen MR) is 99.2 cm³/mol. The van der Waals surface area contributed by atoms with E-state index in [1.54, 1.807) is 0 Å². The molecule has 0 aliphatic carbocycles. The molecule has 0 radical (unpaired) electrons. The fraction of sp³-hybridized carbons (Fsp3) is 0.421. The molecule has 2 aliphatic heterocycles. The van der Waals surface area contributed by atoms with Crippen LogP contribution in [0, 0.1) is 0 Å². The van der Waals surface area contributed by atoms with E-state index in [-0.39, 0.29) is 5.91 Å². The minimum absolute atomic E-state index is 0.175. The van der Waals surface area contributed by atoms with Crippen molar-refractivity contribution in [3.05, 3.63) is 41.0 Å². The number of amides is 1. The fourth-order valence-electron chi connectivity index (χ4n) is 4.03. The van der Waals surface area contributed by atoms with E-state index < -0.39 is 0 Å². The summed E-state index contributed by atoms with van der Waals surface area (Å²) in [6.07, 6.45) is 5.58. The average molecular weight is 350 g/mol. The predicted octanol–water partition coefficient (Wildman–Crippen LogP) is 2.38. The van der Waals surface area contributed by atoms with Gasteiger partial charge in [-0.25, -0.2) is 4.98 Å². The van der Waals surface area contributed by atoms with E-state index in [0.717, 1.165) is 59.7 Å². The summed E-state index contributed by atoms with van der Waals surface area (Å²) < 4.78 is 2.32. The third-order valence-electron chi connectivity index (χ3n) is 5.39. The minimum atomic E-state index is -0.175. The van der Waals surface area contributed by atoms with Gasteiger partial charge in [0.05, 0.1) is 11.0 Å². The lowest BCUT2D eigenvalue weighted by molar-refractivity contribution is 0.102. The van der Waals surface area contributed by atoms with Crippen molar-refractivity contribution in [2.45, 2.75) is 45.2 Å². The molecule has 134 valence electrons. The van der Waals surface area contributed by atoms with Crippen LogP contribution in [0.25, 0.3) is 11.0 Å². The fourth-order valence-corrected chi connectivity index (χ4v) is 4.03. The Kier molecular flexibility index (Phi) is 3.74. The molecule has 0 atom stereocenters. The van der Waals surface area contributed by atoms with E-state index in [1.165, 1.54) is 19.3 Å². The molecule has 4 heterocycles. The van der Waals surface area contributed by atoms with Crippen molar-refractivity contribution in [1.29, 1.82) is 0 Å². The first kappa shape index (κ1) is 15.6. The van der Waals surface area contributed by atoms with Crippen LogP contribution < -0.4 is 10.6 Å². The zero-order chi connectivity index (χ0) is 17.5. The van der Waals surface area contributed by atoms with Gasteiger partial charge in [0.1, 0.15) is 5.82 Å². The number of hydrogen-bond donors (Lipinski definition) is 3. The summed E-state index contributed by atoms with van der Waals surface area (Å²) in [4.78, 5) is 17.5. The van der Waals surface area contributed by atoms with E-state index >= 15 is 0 Å². The third-order valence-corrected chi connectivity index (χ3v) is 5.39. The maximum absolute atomic E-state index is 12.7. The van der Waals surface area contributed by atoms with Crippen LogP contribution in [0.5, 0.6) is 0 Å². The Balaban J connectivity index is 1.43. The summed E-state index contributed by atoms with van der Waals surface area (Å²) in [6.45, 7) is 2.63. The van der Waals surface area contributed by atoms with Gasteiger partial charge in [0.2, 0.25) is 0 Å². The smallest absolute Gasteiger partial charge is 0.276 e. The maximum Gasteiger partial charge on any atom is 0.276 e. The van der Waals surface area contributed by atoms with E-state index in [2.05, 4.69) is 31.5 Å². The number of benzene rings is 1. The van der Waals surface area contributed by atoms with E-state index in [4.69, 9.17) is 4.98 Å². The SMILES string of the molecule is O=C(Nc1ccc2c(c1)nc1n2CCCCC1)c1n[nH]c2c1CNCC2. The van der Waals surface area contributed by atoms with Crippen LogP contribution in [0.15, 0.2) is 18.2 Å². The van der Waals surface area contributed by atoms with Gasteiger partial charge in [-0.15, -0.1) is 0 Å². The van der Waals surface area contributed by atoms with E-state index in [0.29, 0.717) is 12.2 Å². The van der Waals surface area contributed by atoms with Crippen LogP contribution in [0.4, 0.5) is 5.69 Å². The number of carbonyl (C=O) groups excluding carboxylic acids is 1. The Labute approximate surface area is 151 Å². The number of nitrogens with zero attached hydrogens (tertiary/aromatic N) is 3. The molecular weight excluding hydrogens is 328 g/mol. The molecule has 1 amide bonds. The Hall–Kier alpha value is -2.67. The highest BCUT2D eigenvalue weighted by Crippen LogP contribution is 2.25. The summed E-state index contributed by atoms with van der Waals surface area (Å²) in [6, 6.07) is 5.98. The molecule has 3 N–H and O–H groups in total. The molecule has 0 bridgehead atoms. The van der Waals surface area contributed by atoms with Crippen LogP contribution in [0.2, 0.25) is 0 Å². The summed E-state index contributed by atoms with van der Waals surface area (Å²) >= 11 is 0. The molecule has 3 aromatic rings. The van der Waals surface area contributed by atoms with E-state index in [9.17, 15) is 4.79 Å². The lowest BCUT2D eigenvalue weighted by Crippen LogP contribution is -2.25. The van der Waals surface area contributed by atoms with Crippen LogP contribution >= 0.6 is 0 Å². The topological polar surface area (TPSA) is 87.6 Å². The lowest BCUT2D eigenvalue weighted by Gasteiger charge is -2.12. The highest BCUT2D eigenvalue weighted by molar-refractivity contribution is 6.04. The molecule has 7 heteroatoms. The van der Waals surface area contributed by atoms with Gasteiger partial charge in [0.15, 0.2) is 5.69 Å². The summed E-state index contributed by atoms with van der Waals surface area (Å²) in [7, 11) is 0. The zero-order valence-corrected chi connectivity index (χ0v) is 14.6. The van der Waals surface area contributed by atoms with Crippen molar-refractivity contribution < 1.29 is 4.79 Å². The van der Waals surface area contributed by atoms with Gasteiger partial charge < -0.3 is 15.2 Å². The first-order chi connectivity index (χ1) is 12.8. The van der Waals surface area contributed by atoms with Gasteiger partial charge >= 0.3 is 0 Å². The second-order valence-corrected chi connectivity index (χ2v) is 7.10. The first-order valence-electron chi connectivity index (χ1n) is 9.37. The number of aromatic amines is 1. The molecule has 0 saturated heterocycles. The largest absolute Gasteiger partial charge is 0.328 e. The number of fused-ring (bicyclic) bond motifs is 4. The monoisotopic (exact) mass is 350 g/mol. The van der Waals surface area contributed by atoms with Crippen molar-refractivity contribution in [3.8, 4) is 0 Å². The van der Waals surface area contributed by atoms with Crippen molar-refractivity contribution in [1.82, 2.24) is 25.1 Å². The molecule has 5 rings (SSSR count). The number of hydrogen-bond acceptors (Lipinski definition) is 4. The molecule has 2 aliphatic rings. The minimum Gasteiger partial charge on any atom is -0.328 e. The normalized spacial score (nSPS) is 16.8. The van der Waals surface area contributed by atoms with Crippen LogP contribution in [0.3, 0.4) is 0 Å². The molecule has 0 saturated carbocycles. The molecule has 1 aromatic carbocycles. The van der Waals surface area contributed by atoms with Crippen LogP contribution in [-0.2, 0) is 25.9 Å². The van der Waals surface area contributed by atoms with Crippen molar-refractivity contribution in [2.75, 3.05) is 11.9 Å². The van der Waals surface area contributed by atoms with Gasteiger partial charge in [-0.2, -0.15) is 5.10 Å². The van der Waals surface area contributed by atoms with Gasteiger partial charge in [-0.3, -0.25) is 9.89 Å². The molecule has 2 aromatic heterocycles. The third kappa shape index (κ3) is 2.59. The average Bonchev–Trinajstić information content (AvgIpc) is 3.15. The maximum atomic E-state index is 12.7. The summed E-state index contributed by atoms with van der Waals surface area (Å²) in [5.41, 5.74) is 5.38. The second-order valence-electron chi connectivity index (χ2n) is 7.10. The highest BCUT2D eigenvalue weighted by atomic mass is 16.1. The molecule has 0 spiro atoms. The van der Waals surface area contributed by atoms with Crippen LogP contribution in [0.1, 0.15) is 46.8 Å². The Morgan fingerprint density at radius 1 is 1.19 bits per heavy atom. The van der Waals surface area contributed by atoms with Crippen molar-refractivity contribution >= 4 is 22.6 Å². The molecule has 0 fully saturated rings. The van der Waals surface area contributed by atoms with E-state index in [1.807, 2.05) is 12.1 Å². The van der Waals surface area contributed by atoms with Gasteiger partial charge in [-0.05, 0) is 31.0 Å². The number of imidazole rings is 1. The van der Waals surface area contributed by atoms with Gasteiger partial charge in [0, 0.05) is 49.4 Å². The molecule has 0 unspecified atom stereocenters. The highest BCUT2D eigenvalue weighted by Gasteiger charge is 2.22. The van der Waals surface area contributed by atoms with Gasteiger partial charge in [0.25, 0.3) is 5.91 Å². The van der Waals surface area contributed by atoms with Gasteiger partial charge in [-0.1, -0.05) is 6.42 Å². The number of H-pyrrole nitrogens is 1. The standard InChI is InChI=1S/C19H22N6O/c26-19(18-13-11-20-8-7-14(13)23-24-18)21-12-5-6-16-15(10-12)22-17-4-2-1-3-9-25(16)17/h5-6,10,20H,1-4,7-9,11H2,(H,21,26)(H,23,24). The second kappa shape index (κ2) is 6.25. The van der Waals surface area contributed by atoms with Crippen LogP contribution in [-0.4, -0.2) is 32.2 Å². The number of rotatable bonds is 2. The Morgan fingerprint density at radius 3 is 3.12 bits per heavy atom. The summed E-state index contributed by atoms with van der Waals surface area (Å²) in [5.74, 6) is 0.986. The number of aryl methyl sites for hydroxylation is 2. The number of nitrogens with one attached hydrogen (secondary N) is 3. The molecule has 7 nitrogen and oxygen atoms in total. The molecular formula is C19H22N6O. The van der Waals surface area contributed by atoms with Crippen molar-refractivity contribution in [2.24, 2.45) is 0 Å². The first-order valence-corrected chi connectivity index (χ1v) is 9.37. The Bertz CT molecular complexity index is 985. The number of carbonyl (C=O) groups is 1. The zero-order valence-electron chi connectivity index (χ0n) is 14.6. The molecule has 26 heavy (non-hydrogen) atoms. The number of anilines is 1. The number of aromatic nitrogens is 4. The lowest BCUT2D eigenvalue weighted by atomic mass is 10.1. The Morgan fingerprint density at radius 2 is 2.15 bits per heavy atom.